The van der Waals surface area contributed by atoms with Crippen molar-refractivity contribution in [1.29, 1.82) is 0 Å². The second-order valence-corrected chi connectivity index (χ2v) is 7.61. The Morgan fingerprint density at radius 3 is 2.89 bits per heavy atom. The molecule has 1 amide bonds. The highest BCUT2D eigenvalue weighted by atomic mass is 35.5. The summed E-state index contributed by atoms with van der Waals surface area (Å²) < 4.78 is 37.1. The first kappa shape index (κ1) is 21.3. The van der Waals surface area contributed by atoms with Crippen molar-refractivity contribution in [3.05, 3.63) is 34.9 Å². The Morgan fingerprint density at radius 2 is 2.26 bits per heavy atom. The molecular weight excluding hydrogens is 423 g/mol. The van der Waals surface area contributed by atoms with Crippen LogP contribution in [0.3, 0.4) is 0 Å². The van der Waals surface area contributed by atoms with Gasteiger partial charge in [-0.2, -0.15) is 29.7 Å². The van der Waals surface area contributed by atoms with E-state index in [-0.39, 0.29) is 28.9 Å². The van der Waals surface area contributed by atoms with Gasteiger partial charge >= 0.3 is 6.18 Å². The van der Waals surface area contributed by atoms with Gasteiger partial charge in [0.15, 0.2) is 17.5 Å². The van der Waals surface area contributed by atoms with E-state index in [4.69, 9.17) is 18.0 Å². The highest BCUT2D eigenvalue weighted by Crippen LogP contribution is 2.37. The second-order valence-electron chi connectivity index (χ2n) is 5.17. The normalized spacial score (nSPS) is 11.2. The van der Waals surface area contributed by atoms with E-state index in [1.165, 1.54) is 17.3 Å². The topological polar surface area (TPSA) is 60.1 Å². The van der Waals surface area contributed by atoms with Crippen LogP contribution in [0.5, 0.6) is 0 Å². The summed E-state index contributed by atoms with van der Waals surface area (Å²) in [5.74, 6) is 0.853. The standard InChI is InChI=1S/C16H13ClF3N3O2S2/c1-2-6-23(12(24)5-8-26-10-16(18,19)20)15-13(17)21-14(27-15)11-4-3-7-22(25)9-11/h1,3-4,7,9H,5-6,8,10H2. The molecule has 0 atom stereocenters. The van der Waals surface area contributed by atoms with Gasteiger partial charge in [0, 0.05) is 18.2 Å². The van der Waals surface area contributed by atoms with Crippen molar-refractivity contribution in [1.82, 2.24) is 4.98 Å². The lowest BCUT2D eigenvalue weighted by Crippen LogP contribution is -2.31. The number of nitrogens with zero attached hydrogens (tertiary/aromatic N) is 3. The number of terminal acetylenes is 1. The molecule has 0 fully saturated rings. The number of amides is 1. The van der Waals surface area contributed by atoms with Gasteiger partial charge in [0.25, 0.3) is 0 Å². The van der Waals surface area contributed by atoms with Crippen molar-refractivity contribution in [3.63, 3.8) is 0 Å². The van der Waals surface area contributed by atoms with Crippen LogP contribution in [-0.4, -0.2) is 35.1 Å². The van der Waals surface area contributed by atoms with Gasteiger partial charge in [0.2, 0.25) is 5.91 Å². The first-order valence-electron chi connectivity index (χ1n) is 7.45. The van der Waals surface area contributed by atoms with Crippen molar-refractivity contribution in [3.8, 4) is 22.9 Å². The molecular formula is C16H13ClF3N3O2S2. The molecule has 0 aliphatic carbocycles. The molecule has 5 nitrogen and oxygen atoms in total. The number of alkyl halides is 3. The smallest absolute Gasteiger partial charge is 0.397 e. The quantitative estimate of drug-likeness (QED) is 0.287. The Bertz CT molecular complexity index is 852. The zero-order chi connectivity index (χ0) is 20.0. The highest BCUT2D eigenvalue weighted by Gasteiger charge is 2.27. The van der Waals surface area contributed by atoms with Crippen LogP contribution in [-0.2, 0) is 4.79 Å². The summed E-state index contributed by atoms with van der Waals surface area (Å²) in [7, 11) is 0. The number of anilines is 1. The average molecular weight is 436 g/mol. The minimum absolute atomic E-state index is 0.00242. The second kappa shape index (κ2) is 9.30. The lowest BCUT2D eigenvalue weighted by Gasteiger charge is -2.18. The summed E-state index contributed by atoms with van der Waals surface area (Å²) in [5, 5.41) is 12.1. The maximum Gasteiger partial charge on any atom is 0.397 e. The van der Waals surface area contributed by atoms with Crippen molar-refractivity contribution in [2.75, 3.05) is 23.0 Å². The van der Waals surface area contributed by atoms with Crippen LogP contribution in [0, 0.1) is 17.6 Å². The average Bonchev–Trinajstić information content (AvgIpc) is 2.97. The number of hydrogen-bond donors (Lipinski definition) is 0. The number of aromatic nitrogens is 2. The van der Waals surface area contributed by atoms with E-state index >= 15 is 0 Å². The van der Waals surface area contributed by atoms with Gasteiger partial charge in [-0.05, 0) is 6.07 Å². The first-order chi connectivity index (χ1) is 12.7. The first-order valence-corrected chi connectivity index (χ1v) is 9.80. The van der Waals surface area contributed by atoms with Crippen molar-refractivity contribution >= 4 is 45.6 Å². The third kappa shape index (κ3) is 6.30. The Labute approximate surface area is 166 Å². The predicted molar refractivity (Wildman–Crippen MR) is 101 cm³/mol. The predicted octanol–water partition coefficient (Wildman–Crippen LogP) is 3.75. The van der Waals surface area contributed by atoms with Crippen molar-refractivity contribution in [2.45, 2.75) is 12.6 Å². The van der Waals surface area contributed by atoms with Crippen LogP contribution in [0.4, 0.5) is 18.2 Å². The summed E-state index contributed by atoms with van der Waals surface area (Å²) in [6, 6.07) is 3.20. The van der Waals surface area contributed by atoms with Gasteiger partial charge in [-0.1, -0.05) is 28.9 Å². The van der Waals surface area contributed by atoms with Crippen LogP contribution in [0.2, 0.25) is 5.15 Å². The van der Waals surface area contributed by atoms with Gasteiger partial charge in [-0.15, -0.1) is 6.42 Å². The van der Waals surface area contributed by atoms with Crippen LogP contribution in [0.15, 0.2) is 24.5 Å². The zero-order valence-corrected chi connectivity index (χ0v) is 16.1. The molecule has 0 aliphatic heterocycles. The number of rotatable bonds is 7. The number of thioether (sulfide) groups is 1. The number of carbonyl (C=O) groups is 1. The number of thiazole rings is 1. The number of pyridine rings is 1. The van der Waals surface area contributed by atoms with Crippen molar-refractivity contribution < 1.29 is 22.7 Å². The maximum atomic E-state index is 12.4. The molecule has 0 unspecified atom stereocenters. The molecule has 2 rings (SSSR count). The van der Waals surface area contributed by atoms with E-state index in [9.17, 15) is 23.2 Å². The Hall–Kier alpha value is -1.96. The van der Waals surface area contributed by atoms with Gasteiger partial charge in [0.1, 0.15) is 10.0 Å². The molecule has 2 aromatic rings. The number of halogens is 4. The molecule has 2 aromatic heterocycles. The molecule has 0 saturated heterocycles. The van der Waals surface area contributed by atoms with Crippen LogP contribution in [0.25, 0.3) is 10.6 Å². The molecule has 0 saturated carbocycles. The lowest BCUT2D eigenvalue weighted by atomic mass is 10.3. The number of hydrogen-bond acceptors (Lipinski definition) is 5. The SMILES string of the molecule is C#CCN(C(=O)CCSCC(F)(F)F)c1sc(-c2ccc[n+]([O-])c2)nc1Cl. The Kier molecular flexibility index (Phi) is 7.35. The van der Waals surface area contributed by atoms with Gasteiger partial charge in [0.05, 0.1) is 17.9 Å². The molecule has 11 heteroatoms. The molecule has 27 heavy (non-hydrogen) atoms. The van der Waals surface area contributed by atoms with E-state index in [1.54, 1.807) is 12.1 Å². The summed E-state index contributed by atoms with van der Waals surface area (Å²) in [6.45, 7) is -0.0968. The van der Waals surface area contributed by atoms with Crippen LogP contribution < -0.4 is 9.63 Å². The zero-order valence-electron chi connectivity index (χ0n) is 13.7. The van der Waals surface area contributed by atoms with E-state index in [0.717, 1.165) is 11.3 Å². The van der Waals surface area contributed by atoms with E-state index in [1.807, 2.05) is 0 Å². The molecule has 2 heterocycles. The fraction of sp³-hybridized carbons (Fsp3) is 0.312. The lowest BCUT2D eigenvalue weighted by molar-refractivity contribution is -0.604. The minimum atomic E-state index is -4.28. The molecule has 0 N–H and O–H groups in total. The van der Waals surface area contributed by atoms with E-state index in [0.29, 0.717) is 27.1 Å². The number of carbonyl (C=O) groups excluding carboxylic acids is 1. The highest BCUT2D eigenvalue weighted by molar-refractivity contribution is 7.99. The summed E-state index contributed by atoms with van der Waals surface area (Å²) in [6.07, 6.45) is 3.51. The molecule has 0 spiro atoms. The largest absolute Gasteiger partial charge is 0.619 e. The molecule has 0 radical (unpaired) electrons. The Morgan fingerprint density at radius 1 is 1.52 bits per heavy atom. The third-order valence-corrected chi connectivity index (χ3v) is 5.64. The summed E-state index contributed by atoms with van der Waals surface area (Å²) in [5.41, 5.74) is 0.513. The summed E-state index contributed by atoms with van der Waals surface area (Å²) in [4.78, 5) is 17.8. The van der Waals surface area contributed by atoms with E-state index < -0.39 is 17.8 Å². The fourth-order valence-corrected chi connectivity index (χ4v) is 4.02. The molecule has 144 valence electrons. The van der Waals surface area contributed by atoms with Gasteiger partial charge in [-0.3, -0.25) is 9.69 Å². The third-order valence-electron chi connectivity index (χ3n) is 3.11. The summed E-state index contributed by atoms with van der Waals surface area (Å²) >= 11 is 7.82. The van der Waals surface area contributed by atoms with Gasteiger partial charge < -0.3 is 5.21 Å². The maximum absolute atomic E-state index is 12.4. The molecule has 0 aromatic carbocycles. The van der Waals surface area contributed by atoms with Crippen LogP contribution >= 0.6 is 34.7 Å². The monoisotopic (exact) mass is 435 g/mol. The Balaban J connectivity index is 2.14. The minimum Gasteiger partial charge on any atom is -0.619 e. The van der Waals surface area contributed by atoms with Gasteiger partial charge in [-0.25, -0.2) is 4.98 Å². The van der Waals surface area contributed by atoms with Crippen molar-refractivity contribution in [2.24, 2.45) is 0 Å². The molecule has 0 aliphatic rings. The van der Waals surface area contributed by atoms with Crippen LogP contribution in [0.1, 0.15) is 6.42 Å². The fourth-order valence-electron chi connectivity index (χ4n) is 2.01. The van der Waals surface area contributed by atoms with E-state index in [2.05, 4.69) is 10.9 Å². The molecule has 0 bridgehead atoms.